The fraction of sp³-hybridized carbons (Fsp3) is 0.417. The number of nitriles is 1. The first kappa shape index (κ1) is 10.0. The fourth-order valence-corrected chi connectivity index (χ4v) is 1.40. The summed E-state index contributed by atoms with van der Waals surface area (Å²) in [4.78, 5) is 0. The first-order valence-electron chi connectivity index (χ1n) is 5.25. The molecule has 1 aliphatic carbocycles. The number of para-hydroxylation sites is 1. The molecule has 1 fully saturated rings. The van der Waals surface area contributed by atoms with Gasteiger partial charge in [0.2, 0.25) is 0 Å². The minimum Gasteiger partial charge on any atom is -0.491 e. The molecule has 0 bridgehead atoms. The Morgan fingerprint density at radius 2 is 2.20 bits per heavy atom. The molecule has 0 atom stereocenters. The summed E-state index contributed by atoms with van der Waals surface area (Å²) >= 11 is 0. The number of nitrogens with zero attached hydrogens (tertiary/aromatic N) is 1. The molecule has 0 amide bonds. The summed E-state index contributed by atoms with van der Waals surface area (Å²) in [5.74, 6) is 0.678. The zero-order chi connectivity index (χ0) is 10.5. The molecule has 3 heteroatoms. The van der Waals surface area contributed by atoms with Crippen molar-refractivity contribution < 1.29 is 4.74 Å². The van der Waals surface area contributed by atoms with Crippen LogP contribution in [0, 0.1) is 11.3 Å². The average molecular weight is 202 g/mol. The van der Waals surface area contributed by atoms with E-state index in [1.807, 2.05) is 18.2 Å². The van der Waals surface area contributed by atoms with Gasteiger partial charge >= 0.3 is 0 Å². The van der Waals surface area contributed by atoms with Gasteiger partial charge in [-0.2, -0.15) is 5.26 Å². The van der Waals surface area contributed by atoms with Crippen LogP contribution in [-0.2, 0) is 0 Å². The molecule has 78 valence electrons. The number of ether oxygens (including phenoxy) is 1. The van der Waals surface area contributed by atoms with E-state index in [1.54, 1.807) is 6.07 Å². The van der Waals surface area contributed by atoms with Crippen LogP contribution in [0.25, 0.3) is 0 Å². The SMILES string of the molecule is N#Cc1ccccc1OCCNC1CC1. The Bertz CT molecular complexity index is 366. The Kier molecular flexibility index (Phi) is 3.21. The van der Waals surface area contributed by atoms with Crippen LogP contribution in [0.1, 0.15) is 18.4 Å². The Balaban J connectivity index is 1.79. The Hall–Kier alpha value is -1.53. The quantitative estimate of drug-likeness (QED) is 0.739. The van der Waals surface area contributed by atoms with E-state index in [0.717, 1.165) is 6.54 Å². The lowest BCUT2D eigenvalue weighted by atomic mass is 10.2. The number of benzene rings is 1. The van der Waals surface area contributed by atoms with Crippen molar-refractivity contribution in [3.8, 4) is 11.8 Å². The molecule has 1 saturated carbocycles. The van der Waals surface area contributed by atoms with Crippen LogP contribution in [0.15, 0.2) is 24.3 Å². The minimum atomic E-state index is 0.601. The molecule has 2 rings (SSSR count). The highest BCUT2D eigenvalue weighted by Crippen LogP contribution is 2.18. The summed E-state index contributed by atoms with van der Waals surface area (Å²) in [6.45, 7) is 1.47. The highest BCUT2D eigenvalue weighted by Gasteiger charge is 2.19. The second-order valence-electron chi connectivity index (χ2n) is 3.68. The Morgan fingerprint density at radius 3 is 2.93 bits per heavy atom. The molecule has 1 aromatic rings. The highest BCUT2D eigenvalue weighted by atomic mass is 16.5. The van der Waals surface area contributed by atoms with Crippen molar-refractivity contribution in [1.29, 1.82) is 5.26 Å². The molecule has 0 saturated heterocycles. The van der Waals surface area contributed by atoms with Crippen molar-refractivity contribution in [2.24, 2.45) is 0 Å². The monoisotopic (exact) mass is 202 g/mol. The molecule has 1 aromatic carbocycles. The van der Waals surface area contributed by atoms with Gasteiger partial charge in [-0.25, -0.2) is 0 Å². The molecule has 0 spiro atoms. The van der Waals surface area contributed by atoms with Gasteiger partial charge in [0.1, 0.15) is 18.4 Å². The van der Waals surface area contributed by atoms with E-state index in [1.165, 1.54) is 12.8 Å². The zero-order valence-electron chi connectivity index (χ0n) is 8.57. The summed E-state index contributed by atoms with van der Waals surface area (Å²) in [5.41, 5.74) is 0.601. The highest BCUT2D eigenvalue weighted by molar-refractivity contribution is 5.42. The van der Waals surface area contributed by atoms with Crippen molar-refractivity contribution in [2.45, 2.75) is 18.9 Å². The van der Waals surface area contributed by atoms with Gasteiger partial charge in [-0.1, -0.05) is 12.1 Å². The molecule has 0 unspecified atom stereocenters. The summed E-state index contributed by atoms with van der Waals surface area (Å²) in [5, 5.41) is 12.2. The van der Waals surface area contributed by atoms with Gasteiger partial charge in [-0.05, 0) is 25.0 Å². The van der Waals surface area contributed by atoms with E-state index in [9.17, 15) is 0 Å². The molecular weight excluding hydrogens is 188 g/mol. The Morgan fingerprint density at radius 1 is 1.40 bits per heavy atom. The third-order valence-corrected chi connectivity index (χ3v) is 2.38. The second-order valence-corrected chi connectivity index (χ2v) is 3.68. The van der Waals surface area contributed by atoms with Gasteiger partial charge in [0.15, 0.2) is 0 Å². The van der Waals surface area contributed by atoms with Crippen molar-refractivity contribution in [3.63, 3.8) is 0 Å². The van der Waals surface area contributed by atoms with Crippen LogP contribution < -0.4 is 10.1 Å². The van der Waals surface area contributed by atoms with Crippen molar-refractivity contribution >= 4 is 0 Å². The van der Waals surface area contributed by atoms with Crippen LogP contribution in [-0.4, -0.2) is 19.2 Å². The summed E-state index contributed by atoms with van der Waals surface area (Å²) in [6.07, 6.45) is 2.57. The van der Waals surface area contributed by atoms with E-state index in [-0.39, 0.29) is 0 Å². The third kappa shape index (κ3) is 2.97. The molecule has 0 aromatic heterocycles. The van der Waals surface area contributed by atoms with Gasteiger partial charge in [-0.3, -0.25) is 0 Å². The lowest BCUT2D eigenvalue weighted by Gasteiger charge is -2.07. The van der Waals surface area contributed by atoms with Gasteiger partial charge in [0.05, 0.1) is 5.56 Å². The van der Waals surface area contributed by atoms with E-state index < -0.39 is 0 Å². The third-order valence-electron chi connectivity index (χ3n) is 2.38. The van der Waals surface area contributed by atoms with Crippen LogP contribution in [0.4, 0.5) is 0 Å². The minimum absolute atomic E-state index is 0.601. The molecule has 3 nitrogen and oxygen atoms in total. The van der Waals surface area contributed by atoms with Gasteiger partial charge in [-0.15, -0.1) is 0 Å². The first-order valence-corrected chi connectivity index (χ1v) is 5.25. The van der Waals surface area contributed by atoms with Crippen molar-refractivity contribution in [3.05, 3.63) is 29.8 Å². The summed E-state index contributed by atoms with van der Waals surface area (Å²) in [7, 11) is 0. The predicted molar refractivity (Wildman–Crippen MR) is 57.7 cm³/mol. The summed E-state index contributed by atoms with van der Waals surface area (Å²) in [6, 6.07) is 10.1. The Labute approximate surface area is 89.7 Å². The van der Waals surface area contributed by atoms with E-state index in [2.05, 4.69) is 11.4 Å². The topological polar surface area (TPSA) is 45.0 Å². The largest absolute Gasteiger partial charge is 0.491 e. The lowest BCUT2D eigenvalue weighted by molar-refractivity contribution is 0.312. The average Bonchev–Trinajstić information content (AvgIpc) is 3.09. The smallest absolute Gasteiger partial charge is 0.137 e. The molecule has 15 heavy (non-hydrogen) atoms. The van der Waals surface area contributed by atoms with E-state index >= 15 is 0 Å². The number of rotatable bonds is 5. The normalized spacial score (nSPS) is 14.6. The predicted octanol–water partition coefficient (Wildman–Crippen LogP) is 1.69. The zero-order valence-corrected chi connectivity index (χ0v) is 8.57. The van der Waals surface area contributed by atoms with Gasteiger partial charge < -0.3 is 10.1 Å². The van der Waals surface area contributed by atoms with Crippen LogP contribution in [0.2, 0.25) is 0 Å². The number of hydrogen-bond donors (Lipinski definition) is 1. The number of hydrogen-bond acceptors (Lipinski definition) is 3. The molecule has 1 aliphatic rings. The molecule has 1 N–H and O–H groups in total. The van der Waals surface area contributed by atoms with Crippen LogP contribution >= 0.6 is 0 Å². The van der Waals surface area contributed by atoms with Crippen molar-refractivity contribution in [1.82, 2.24) is 5.32 Å². The molecule has 0 heterocycles. The standard InChI is InChI=1S/C12H14N2O/c13-9-10-3-1-2-4-12(10)15-8-7-14-11-5-6-11/h1-4,11,14H,5-8H2. The number of nitrogens with one attached hydrogen (secondary N) is 1. The van der Waals surface area contributed by atoms with Crippen LogP contribution in [0.5, 0.6) is 5.75 Å². The molecular formula is C12H14N2O. The maximum Gasteiger partial charge on any atom is 0.137 e. The van der Waals surface area contributed by atoms with Crippen molar-refractivity contribution in [2.75, 3.05) is 13.2 Å². The van der Waals surface area contributed by atoms with Crippen LogP contribution in [0.3, 0.4) is 0 Å². The molecule has 0 aliphatic heterocycles. The van der Waals surface area contributed by atoms with E-state index in [0.29, 0.717) is 24.0 Å². The van der Waals surface area contributed by atoms with E-state index in [4.69, 9.17) is 10.00 Å². The lowest BCUT2D eigenvalue weighted by Crippen LogP contribution is -2.22. The van der Waals surface area contributed by atoms with Gasteiger partial charge in [0.25, 0.3) is 0 Å². The second kappa shape index (κ2) is 4.81. The summed E-state index contributed by atoms with van der Waals surface area (Å²) < 4.78 is 5.52. The maximum absolute atomic E-state index is 8.83. The fourth-order valence-electron chi connectivity index (χ4n) is 1.40. The molecule has 0 radical (unpaired) electrons. The van der Waals surface area contributed by atoms with Gasteiger partial charge in [0, 0.05) is 12.6 Å². The maximum atomic E-state index is 8.83. The first-order chi connectivity index (χ1) is 7.40.